The first kappa shape index (κ1) is 12.9. The molecule has 4 nitrogen and oxygen atoms in total. The average molecular weight is 266 g/mol. The Kier molecular flexibility index (Phi) is 4.20. The van der Waals surface area contributed by atoms with Gasteiger partial charge in [-0.3, -0.25) is 4.57 Å². The van der Waals surface area contributed by atoms with Gasteiger partial charge in [-0.05, 0) is 24.1 Å². The first-order chi connectivity index (χ1) is 8.76. The van der Waals surface area contributed by atoms with Gasteiger partial charge in [-0.15, -0.1) is 10.2 Å². The van der Waals surface area contributed by atoms with Crippen molar-refractivity contribution in [1.82, 2.24) is 14.8 Å². The number of benzene rings is 1. The Bertz CT molecular complexity index is 525. The highest BCUT2D eigenvalue weighted by atomic mass is 35.5. The largest absolute Gasteiger partial charge is 0.496 e. The topological polar surface area (TPSA) is 39.9 Å². The fraction of sp³-hybridized carbons (Fsp3) is 0.385. The molecule has 0 unspecified atom stereocenters. The van der Waals surface area contributed by atoms with Gasteiger partial charge in [-0.25, -0.2) is 0 Å². The van der Waals surface area contributed by atoms with E-state index in [0.717, 1.165) is 30.0 Å². The molecule has 5 heteroatoms. The molecule has 0 saturated heterocycles. The van der Waals surface area contributed by atoms with E-state index in [0.29, 0.717) is 11.8 Å². The van der Waals surface area contributed by atoms with Crippen LogP contribution >= 0.6 is 11.6 Å². The molecule has 2 aromatic rings. The van der Waals surface area contributed by atoms with Crippen molar-refractivity contribution in [3.05, 3.63) is 40.9 Å². The minimum absolute atomic E-state index is 0.421. The summed E-state index contributed by atoms with van der Waals surface area (Å²) >= 11 is 6.07. The quantitative estimate of drug-likeness (QED) is 0.834. The number of aryl methyl sites for hydroxylation is 1. The van der Waals surface area contributed by atoms with E-state index < -0.39 is 0 Å². The fourth-order valence-electron chi connectivity index (χ4n) is 1.88. The van der Waals surface area contributed by atoms with E-state index in [1.165, 1.54) is 0 Å². The summed E-state index contributed by atoms with van der Waals surface area (Å²) in [7, 11) is 1.67. The number of hydrogen-bond acceptors (Lipinski definition) is 3. The number of nitrogens with zero attached hydrogens (tertiary/aromatic N) is 3. The number of hydrogen-bond donors (Lipinski definition) is 0. The summed E-state index contributed by atoms with van der Waals surface area (Å²) in [6.45, 7) is 2.74. The highest BCUT2D eigenvalue weighted by Gasteiger charge is 2.11. The Morgan fingerprint density at radius 1 is 1.28 bits per heavy atom. The molecular weight excluding hydrogens is 250 g/mol. The molecule has 0 aliphatic heterocycles. The summed E-state index contributed by atoms with van der Waals surface area (Å²) < 4.78 is 7.26. The minimum Gasteiger partial charge on any atom is -0.496 e. The standard InChI is InChI=1S/C13H16ClN3O/c1-3-6-12-15-16-13(14)17(12)9-10-7-4-5-8-11(10)18-2/h4-5,7-8H,3,6,9H2,1-2H3. The second-order valence-corrected chi connectivity index (χ2v) is 4.37. The van der Waals surface area contributed by atoms with Crippen LogP contribution in [-0.2, 0) is 13.0 Å². The van der Waals surface area contributed by atoms with Gasteiger partial charge in [0.2, 0.25) is 5.28 Å². The molecule has 0 saturated carbocycles. The Labute approximate surface area is 112 Å². The van der Waals surface area contributed by atoms with E-state index in [-0.39, 0.29) is 0 Å². The minimum atomic E-state index is 0.421. The SMILES string of the molecule is CCCc1nnc(Cl)n1Cc1ccccc1OC. The Morgan fingerprint density at radius 2 is 2.06 bits per heavy atom. The van der Waals surface area contributed by atoms with Crippen molar-refractivity contribution in [2.75, 3.05) is 7.11 Å². The fourth-order valence-corrected chi connectivity index (χ4v) is 2.08. The lowest BCUT2D eigenvalue weighted by molar-refractivity contribution is 0.408. The number of aromatic nitrogens is 3. The van der Waals surface area contributed by atoms with Gasteiger partial charge in [0.15, 0.2) is 0 Å². The first-order valence-electron chi connectivity index (χ1n) is 5.95. The van der Waals surface area contributed by atoms with Crippen LogP contribution in [0.1, 0.15) is 24.7 Å². The van der Waals surface area contributed by atoms with Crippen LogP contribution in [0.2, 0.25) is 5.28 Å². The molecule has 1 aromatic carbocycles. The van der Waals surface area contributed by atoms with Crippen LogP contribution in [-0.4, -0.2) is 21.9 Å². The molecule has 0 bridgehead atoms. The first-order valence-corrected chi connectivity index (χ1v) is 6.33. The third kappa shape index (κ3) is 2.64. The van der Waals surface area contributed by atoms with Crippen LogP contribution in [0.3, 0.4) is 0 Å². The van der Waals surface area contributed by atoms with Gasteiger partial charge in [0.25, 0.3) is 0 Å². The van der Waals surface area contributed by atoms with E-state index in [4.69, 9.17) is 16.3 Å². The predicted octanol–water partition coefficient (Wildman–Crippen LogP) is 2.94. The zero-order valence-electron chi connectivity index (χ0n) is 10.6. The van der Waals surface area contributed by atoms with Gasteiger partial charge in [0, 0.05) is 12.0 Å². The summed E-state index contributed by atoms with van der Waals surface area (Å²) in [6, 6.07) is 7.89. The van der Waals surface area contributed by atoms with E-state index in [1.54, 1.807) is 7.11 Å². The Balaban J connectivity index is 2.30. The second-order valence-electron chi connectivity index (χ2n) is 4.03. The highest BCUT2D eigenvalue weighted by molar-refractivity contribution is 6.28. The molecule has 0 amide bonds. The van der Waals surface area contributed by atoms with Crippen molar-refractivity contribution in [1.29, 1.82) is 0 Å². The predicted molar refractivity (Wildman–Crippen MR) is 71.1 cm³/mol. The average Bonchev–Trinajstić information content (AvgIpc) is 2.73. The van der Waals surface area contributed by atoms with E-state index in [2.05, 4.69) is 17.1 Å². The van der Waals surface area contributed by atoms with Gasteiger partial charge in [-0.1, -0.05) is 25.1 Å². The van der Waals surface area contributed by atoms with Crippen LogP contribution in [0, 0.1) is 0 Å². The molecule has 0 N–H and O–H groups in total. The molecular formula is C13H16ClN3O. The summed E-state index contributed by atoms with van der Waals surface area (Å²) in [4.78, 5) is 0. The maximum absolute atomic E-state index is 6.07. The van der Waals surface area contributed by atoms with Gasteiger partial charge < -0.3 is 4.74 Å². The van der Waals surface area contributed by atoms with Gasteiger partial charge in [0.1, 0.15) is 11.6 Å². The highest BCUT2D eigenvalue weighted by Crippen LogP contribution is 2.21. The molecule has 96 valence electrons. The Morgan fingerprint density at radius 3 is 2.78 bits per heavy atom. The molecule has 1 aromatic heterocycles. The number of ether oxygens (including phenoxy) is 1. The van der Waals surface area contributed by atoms with Gasteiger partial charge in [0.05, 0.1) is 13.7 Å². The van der Waals surface area contributed by atoms with Crippen LogP contribution in [0.15, 0.2) is 24.3 Å². The molecule has 0 aliphatic carbocycles. The molecule has 2 rings (SSSR count). The zero-order chi connectivity index (χ0) is 13.0. The lowest BCUT2D eigenvalue weighted by atomic mass is 10.2. The van der Waals surface area contributed by atoms with Crippen molar-refractivity contribution < 1.29 is 4.74 Å². The smallest absolute Gasteiger partial charge is 0.225 e. The molecule has 18 heavy (non-hydrogen) atoms. The van der Waals surface area contributed by atoms with Crippen molar-refractivity contribution in [2.24, 2.45) is 0 Å². The lowest BCUT2D eigenvalue weighted by Gasteiger charge is -2.11. The number of para-hydroxylation sites is 1. The maximum Gasteiger partial charge on any atom is 0.225 e. The molecule has 0 fully saturated rings. The maximum atomic E-state index is 6.07. The van der Waals surface area contributed by atoms with Crippen molar-refractivity contribution in [3.63, 3.8) is 0 Å². The van der Waals surface area contributed by atoms with E-state index in [1.807, 2.05) is 28.8 Å². The zero-order valence-corrected chi connectivity index (χ0v) is 11.3. The monoisotopic (exact) mass is 265 g/mol. The third-order valence-corrected chi connectivity index (χ3v) is 3.06. The summed E-state index contributed by atoms with van der Waals surface area (Å²) in [5.41, 5.74) is 1.07. The lowest BCUT2D eigenvalue weighted by Crippen LogP contribution is -2.06. The van der Waals surface area contributed by atoms with Crippen LogP contribution in [0.4, 0.5) is 0 Å². The van der Waals surface area contributed by atoms with Gasteiger partial charge in [-0.2, -0.15) is 0 Å². The second kappa shape index (κ2) is 5.87. The Hall–Kier alpha value is -1.55. The molecule has 0 radical (unpaired) electrons. The molecule has 0 spiro atoms. The van der Waals surface area contributed by atoms with Crippen LogP contribution < -0.4 is 4.74 Å². The third-order valence-electron chi connectivity index (χ3n) is 2.78. The van der Waals surface area contributed by atoms with Crippen LogP contribution in [0.25, 0.3) is 0 Å². The molecule has 0 atom stereocenters. The summed E-state index contributed by atoms with van der Waals surface area (Å²) in [5, 5.41) is 8.44. The van der Waals surface area contributed by atoms with Crippen molar-refractivity contribution in [2.45, 2.75) is 26.3 Å². The molecule has 1 heterocycles. The number of halogens is 1. The number of rotatable bonds is 5. The van der Waals surface area contributed by atoms with Gasteiger partial charge >= 0.3 is 0 Å². The van der Waals surface area contributed by atoms with E-state index >= 15 is 0 Å². The van der Waals surface area contributed by atoms with Crippen molar-refractivity contribution >= 4 is 11.6 Å². The van der Waals surface area contributed by atoms with Crippen molar-refractivity contribution in [3.8, 4) is 5.75 Å². The summed E-state index contributed by atoms with van der Waals surface area (Å²) in [6.07, 6.45) is 1.88. The summed E-state index contributed by atoms with van der Waals surface area (Å²) in [5.74, 6) is 1.76. The van der Waals surface area contributed by atoms with Crippen LogP contribution in [0.5, 0.6) is 5.75 Å². The van der Waals surface area contributed by atoms with E-state index in [9.17, 15) is 0 Å². The number of methoxy groups -OCH3 is 1. The molecule has 0 aliphatic rings. The normalized spacial score (nSPS) is 10.6.